The van der Waals surface area contributed by atoms with E-state index in [0.29, 0.717) is 0 Å². The highest BCUT2D eigenvalue weighted by atomic mass is 16.6. The third-order valence-electron chi connectivity index (χ3n) is 1.23. The fourth-order valence-electron chi connectivity index (χ4n) is 0.749. The van der Waals surface area contributed by atoms with Gasteiger partial charge in [0.05, 0.1) is 0 Å². The lowest BCUT2D eigenvalue weighted by Crippen LogP contribution is -2.31. The van der Waals surface area contributed by atoms with Crippen molar-refractivity contribution in [2.45, 2.75) is 19.3 Å². The average molecular weight is 131 g/mol. The van der Waals surface area contributed by atoms with Gasteiger partial charge in [0, 0.05) is 7.11 Å². The molecule has 0 aromatic heterocycles. The van der Waals surface area contributed by atoms with Crippen LogP contribution >= 0.6 is 0 Å². The van der Waals surface area contributed by atoms with Gasteiger partial charge in [-0.1, -0.05) is 0 Å². The lowest BCUT2D eigenvalue weighted by molar-refractivity contribution is 0.0311. The fraction of sp³-hybridized carbons (Fsp3) is 0.800. The fourth-order valence-corrected chi connectivity index (χ4v) is 0.749. The van der Waals surface area contributed by atoms with Crippen molar-refractivity contribution in [3.8, 4) is 0 Å². The van der Waals surface area contributed by atoms with E-state index >= 15 is 0 Å². The smallest absolute Gasteiger partial charge is 0.409 e. The average Bonchev–Trinajstić information content (AvgIpc) is 2.10. The van der Waals surface area contributed by atoms with E-state index in [1.54, 1.807) is 6.92 Å². The number of hydrogen-bond acceptors (Lipinski definition) is 3. The van der Waals surface area contributed by atoms with E-state index in [0.717, 1.165) is 0 Å². The summed E-state index contributed by atoms with van der Waals surface area (Å²) in [6, 6.07) is 0. The minimum atomic E-state index is -0.408. The number of carbonyl (C=O) groups excluding carboxylic acids is 1. The summed E-state index contributed by atoms with van der Waals surface area (Å²) in [4.78, 5) is 10.4. The van der Waals surface area contributed by atoms with E-state index in [9.17, 15) is 4.79 Å². The minimum Gasteiger partial charge on any atom is -0.442 e. The maximum Gasteiger partial charge on any atom is 0.409 e. The van der Waals surface area contributed by atoms with Crippen LogP contribution in [0, 0.1) is 0 Å². The molecule has 1 unspecified atom stereocenters. The highest BCUT2D eigenvalue weighted by molar-refractivity contribution is 5.69. The van der Waals surface area contributed by atoms with Gasteiger partial charge in [-0.3, -0.25) is 5.32 Å². The molecule has 0 spiro atoms. The molecule has 0 aromatic rings. The highest BCUT2D eigenvalue weighted by Crippen LogP contribution is 2.06. The van der Waals surface area contributed by atoms with Gasteiger partial charge in [-0.25, -0.2) is 4.79 Å². The van der Waals surface area contributed by atoms with Gasteiger partial charge in [0.25, 0.3) is 0 Å². The first-order valence-electron chi connectivity index (χ1n) is 2.74. The second kappa shape index (κ2) is 2.23. The number of rotatable bonds is 1. The summed E-state index contributed by atoms with van der Waals surface area (Å²) in [6.07, 6.45) is -0.866. The molecule has 1 N–H and O–H groups in total. The number of nitrogens with one attached hydrogen (secondary N) is 1. The Morgan fingerprint density at radius 3 is 2.67 bits per heavy atom. The molecule has 1 rings (SSSR count). The normalized spacial score (nSPS) is 33.8. The lowest BCUT2D eigenvalue weighted by Gasteiger charge is -2.08. The quantitative estimate of drug-likeness (QED) is 0.548. The first-order chi connectivity index (χ1) is 4.24. The zero-order valence-corrected chi connectivity index (χ0v) is 5.38. The molecule has 1 saturated heterocycles. The van der Waals surface area contributed by atoms with Gasteiger partial charge in [0.2, 0.25) is 0 Å². The summed E-state index contributed by atoms with van der Waals surface area (Å²) in [7, 11) is 1.52. The maximum absolute atomic E-state index is 10.4. The van der Waals surface area contributed by atoms with E-state index in [4.69, 9.17) is 4.74 Å². The van der Waals surface area contributed by atoms with Crippen LogP contribution in [0.4, 0.5) is 4.79 Å². The number of ether oxygens (including phenoxy) is 2. The van der Waals surface area contributed by atoms with Gasteiger partial charge >= 0.3 is 6.09 Å². The van der Waals surface area contributed by atoms with Crippen LogP contribution in [-0.4, -0.2) is 25.5 Å². The molecule has 9 heavy (non-hydrogen) atoms. The topological polar surface area (TPSA) is 47.6 Å². The van der Waals surface area contributed by atoms with Crippen molar-refractivity contribution in [3.63, 3.8) is 0 Å². The van der Waals surface area contributed by atoms with E-state index in [1.807, 2.05) is 0 Å². The van der Waals surface area contributed by atoms with Crippen LogP contribution in [0.1, 0.15) is 6.92 Å². The second-order valence-corrected chi connectivity index (χ2v) is 1.91. The molecule has 1 aliphatic heterocycles. The summed E-state index contributed by atoms with van der Waals surface area (Å²) in [5.74, 6) is 0. The van der Waals surface area contributed by atoms with Crippen LogP contribution in [-0.2, 0) is 9.47 Å². The Balaban J connectivity index is 2.47. The van der Waals surface area contributed by atoms with Crippen LogP contribution in [0.15, 0.2) is 0 Å². The zero-order chi connectivity index (χ0) is 6.85. The van der Waals surface area contributed by atoms with Gasteiger partial charge in [-0.15, -0.1) is 0 Å². The van der Waals surface area contributed by atoms with E-state index in [2.05, 4.69) is 10.1 Å². The molecule has 1 amide bonds. The number of cyclic esters (lactones) is 1. The van der Waals surface area contributed by atoms with Gasteiger partial charge in [-0.05, 0) is 6.92 Å². The molecule has 2 atom stereocenters. The molecule has 0 aliphatic carbocycles. The first kappa shape index (κ1) is 6.35. The van der Waals surface area contributed by atoms with E-state index < -0.39 is 6.09 Å². The Morgan fingerprint density at radius 1 is 1.78 bits per heavy atom. The SMILES string of the molecule is COC1NC(=O)O[C@H]1C. The summed E-state index contributed by atoms with van der Waals surface area (Å²) in [5.41, 5.74) is 0. The van der Waals surface area contributed by atoms with Crippen molar-refractivity contribution in [2.75, 3.05) is 7.11 Å². The molecule has 4 nitrogen and oxygen atoms in total. The van der Waals surface area contributed by atoms with Crippen molar-refractivity contribution < 1.29 is 14.3 Å². The summed E-state index contributed by atoms with van der Waals surface area (Å²) in [5, 5.41) is 2.47. The molecule has 0 radical (unpaired) electrons. The molecular weight excluding hydrogens is 122 g/mol. The summed E-state index contributed by atoms with van der Waals surface area (Å²) in [6.45, 7) is 1.77. The Kier molecular flexibility index (Phi) is 1.57. The molecular formula is C5H9NO3. The second-order valence-electron chi connectivity index (χ2n) is 1.91. The van der Waals surface area contributed by atoms with E-state index in [-0.39, 0.29) is 12.3 Å². The van der Waals surface area contributed by atoms with Crippen molar-refractivity contribution in [2.24, 2.45) is 0 Å². The van der Waals surface area contributed by atoms with Crippen LogP contribution < -0.4 is 5.32 Å². The summed E-state index contributed by atoms with van der Waals surface area (Å²) >= 11 is 0. The van der Waals surface area contributed by atoms with Crippen molar-refractivity contribution >= 4 is 6.09 Å². The number of alkyl carbamates (subject to hydrolysis) is 1. The monoisotopic (exact) mass is 131 g/mol. The zero-order valence-electron chi connectivity index (χ0n) is 5.38. The Morgan fingerprint density at radius 2 is 2.44 bits per heavy atom. The first-order valence-corrected chi connectivity index (χ1v) is 2.74. The molecule has 1 fully saturated rings. The standard InChI is InChI=1S/C5H9NO3/c1-3-4(8-2)6-5(7)9-3/h3-4H,1-2H3,(H,6,7)/t3-,4?/m0/s1. The van der Waals surface area contributed by atoms with Gasteiger partial charge < -0.3 is 9.47 Å². The molecule has 0 saturated carbocycles. The van der Waals surface area contributed by atoms with Crippen molar-refractivity contribution in [1.29, 1.82) is 0 Å². The number of hydrogen-bond donors (Lipinski definition) is 1. The minimum absolute atomic E-state index is 0.178. The van der Waals surface area contributed by atoms with Crippen LogP contribution in [0.25, 0.3) is 0 Å². The predicted molar refractivity (Wildman–Crippen MR) is 29.9 cm³/mol. The van der Waals surface area contributed by atoms with Gasteiger partial charge in [0.15, 0.2) is 6.23 Å². The molecule has 4 heteroatoms. The predicted octanol–water partition coefficient (Wildman–Crippen LogP) is 0.0872. The number of amides is 1. The highest BCUT2D eigenvalue weighted by Gasteiger charge is 2.29. The van der Waals surface area contributed by atoms with Crippen LogP contribution in [0.2, 0.25) is 0 Å². The van der Waals surface area contributed by atoms with Crippen molar-refractivity contribution in [1.82, 2.24) is 5.32 Å². The van der Waals surface area contributed by atoms with Crippen LogP contribution in [0.3, 0.4) is 0 Å². The number of methoxy groups -OCH3 is 1. The van der Waals surface area contributed by atoms with Gasteiger partial charge in [-0.2, -0.15) is 0 Å². The maximum atomic E-state index is 10.4. The molecule has 0 aromatic carbocycles. The van der Waals surface area contributed by atoms with Gasteiger partial charge in [0.1, 0.15) is 6.10 Å². The number of carbonyl (C=O) groups is 1. The molecule has 0 bridgehead atoms. The Labute approximate surface area is 53.1 Å². The van der Waals surface area contributed by atoms with Crippen LogP contribution in [0.5, 0.6) is 0 Å². The molecule has 52 valence electrons. The third kappa shape index (κ3) is 1.13. The Hall–Kier alpha value is -0.770. The summed E-state index contributed by atoms with van der Waals surface area (Å²) < 4.78 is 9.53. The van der Waals surface area contributed by atoms with Crippen molar-refractivity contribution in [3.05, 3.63) is 0 Å². The Bertz CT molecular complexity index is 125. The molecule has 1 aliphatic rings. The lowest BCUT2D eigenvalue weighted by atomic mass is 10.4. The largest absolute Gasteiger partial charge is 0.442 e. The third-order valence-corrected chi connectivity index (χ3v) is 1.23. The molecule has 1 heterocycles. The van der Waals surface area contributed by atoms with E-state index in [1.165, 1.54) is 7.11 Å².